The van der Waals surface area contributed by atoms with Gasteiger partial charge >= 0.3 is 0 Å². The van der Waals surface area contributed by atoms with Gasteiger partial charge in [-0.3, -0.25) is 13.9 Å². The minimum absolute atomic E-state index is 0.0286. The minimum atomic E-state index is -3.88. The molecular formula is C23H22ClN3O4S. The number of rotatable bonds is 6. The third kappa shape index (κ3) is 4.92. The fourth-order valence-electron chi connectivity index (χ4n) is 2.94. The van der Waals surface area contributed by atoms with Crippen LogP contribution in [0.15, 0.2) is 77.7 Å². The lowest BCUT2D eigenvalue weighted by Gasteiger charge is -2.19. The summed E-state index contributed by atoms with van der Waals surface area (Å²) in [5, 5.41) is 2.90. The Morgan fingerprint density at radius 3 is 2.19 bits per heavy atom. The van der Waals surface area contributed by atoms with E-state index in [1.54, 1.807) is 50.5 Å². The van der Waals surface area contributed by atoms with Gasteiger partial charge in [-0.1, -0.05) is 35.9 Å². The molecule has 3 rings (SSSR count). The molecule has 0 fully saturated rings. The van der Waals surface area contributed by atoms with Gasteiger partial charge in [0.05, 0.1) is 21.3 Å². The fraction of sp³-hybridized carbons (Fsp3) is 0.130. The molecule has 0 radical (unpaired) electrons. The molecule has 0 saturated heterocycles. The third-order valence-corrected chi connectivity index (χ3v) is 6.85. The Hall–Kier alpha value is -3.36. The first-order chi connectivity index (χ1) is 15.1. The molecule has 0 aliphatic rings. The van der Waals surface area contributed by atoms with Gasteiger partial charge in [0.1, 0.15) is 0 Å². The SMILES string of the molecule is CN(C)C(=O)c1ccc(Cl)c(NC(=O)c2cccc(S(=O)(=O)N(C)c3ccccc3)c2)c1. The van der Waals surface area contributed by atoms with E-state index in [0.717, 1.165) is 4.31 Å². The number of nitrogens with zero attached hydrogens (tertiary/aromatic N) is 2. The summed E-state index contributed by atoms with van der Waals surface area (Å²) in [6, 6.07) is 18.9. The molecule has 0 aliphatic carbocycles. The number of carbonyl (C=O) groups is 2. The summed E-state index contributed by atoms with van der Waals surface area (Å²) in [5.41, 5.74) is 1.24. The zero-order valence-electron chi connectivity index (χ0n) is 17.7. The van der Waals surface area contributed by atoms with Gasteiger partial charge in [-0.15, -0.1) is 0 Å². The van der Waals surface area contributed by atoms with Crippen LogP contribution in [0.3, 0.4) is 0 Å². The summed E-state index contributed by atoms with van der Waals surface area (Å²) >= 11 is 6.18. The van der Waals surface area contributed by atoms with Crippen molar-refractivity contribution in [2.45, 2.75) is 4.90 Å². The van der Waals surface area contributed by atoms with Crippen LogP contribution < -0.4 is 9.62 Å². The smallest absolute Gasteiger partial charge is 0.264 e. The summed E-state index contributed by atoms with van der Waals surface area (Å²) < 4.78 is 27.2. The van der Waals surface area contributed by atoms with Crippen molar-refractivity contribution < 1.29 is 18.0 Å². The number of anilines is 2. The highest BCUT2D eigenvalue weighted by Crippen LogP contribution is 2.26. The number of amides is 2. The van der Waals surface area contributed by atoms with E-state index >= 15 is 0 Å². The van der Waals surface area contributed by atoms with Crippen molar-refractivity contribution in [3.05, 3.63) is 88.9 Å². The molecule has 0 aromatic heterocycles. The molecule has 3 aromatic rings. The van der Waals surface area contributed by atoms with Gasteiger partial charge < -0.3 is 10.2 Å². The van der Waals surface area contributed by atoms with Gasteiger partial charge in [-0.05, 0) is 48.5 Å². The van der Waals surface area contributed by atoms with Gasteiger partial charge in [0.25, 0.3) is 21.8 Å². The number of hydrogen-bond acceptors (Lipinski definition) is 4. The standard InChI is InChI=1S/C23H22ClN3O4S/c1-26(2)23(29)17-12-13-20(24)21(15-17)25-22(28)16-8-7-11-19(14-16)32(30,31)27(3)18-9-5-4-6-10-18/h4-15H,1-3H3,(H,25,28). The Bertz CT molecular complexity index is 1260. The summed E-state index contributed by atoms with van der Waals surface area (Å²) in [7, 11) is 0.807. The first-order valence-corrected chi connectivity index (χ1v) is 11.4. The molecule has 0 aliphatic heterocycles. The van der Waals surface area contributed by atoms with Crippen molar-refractivity contribution in [3.63, 3.8) is 0 Å². The molecule has 0 unspecified atom stereocenters. The second-order valence-corrected chi connectivity index (χ2v) is 9.56. The van der Waals surface area contributed by atoms with E-state index in [2.05, 4.69) is 5.32 Å². The van der Waals surface area contributed by atoms with Gasteiger partial charge in [-0.25, -0.2) is 8.42 Å². The molecule has 0 atom stereocenters. The van der Waals surface area contributed by atoms with E-state index in [1.807, 2.05) is 0 Å². The monoisotopic (exact) mass is 471 g/mol. The van der Waals surface area contributed by atoms with E-state index in [4.69, 9.17) is 11.6 Å². The van der Waals surface area contributed by atoms with Crippen LogP contribution in [0.4, 0.5) is 11.4 Å². The van der Waals surface area contributed by atoms with Crippen LogP contribution in [-0.4, -0.2) is 46.3 Å². The summed E-state index contributed by atoms with van der Waals surface area (Å²) in [5.74, 6) is -0.796. The van der Waals surface area contributed by atoms with Gasteiger partial charge in [0, 0.05) is 32.3 Å². The lowest BCUT2D eigenvalue weighted by Crippen LogP contribution is -2.26. The van der Waals surface area contributed by atoms with Crippen LogP contribution >= 0.6 is 11.6 Å². The number of nitrogens with one attached hydrogen (secondary N) is 1. The van der Waals surface area contributed by atoms with Crippen molar-refractivity contribution in [1.82, 2.24) is 4.90 Å². The Kier molecular flexibility index (Phi) is 6.86. The van der Waals surface area contributed by atoms with Crippen molar-refractivity contribution in [3.8, 4) is 0 Å². The van der Waals surface area contributed by atoms with Crippen LogP contribution in [0.2, 0.25) is 5.02 Å². The van der Waals surface area contributed by atoms with E-state index in [0.29, 0.717) is 11.3 Å². The second-order valence-electron chi connectivity index (χ2n) is 7.18. The van der Waals surface area contributed by atoms with E-state index in [-0.39, 0.29) is 27.1 Å². The van der Waals surface area contributed by atoms with Crippen LogP contribution in [0, 0.1) is 0 Å². The average molecular weight is 472 g/mol. The number of benzene rings is 3. The minimum Gasteiger partial charge on any atom is -0.345 e. The average Bonchev–Trinajstić information content (AvgIpc) is 2.80. The topological polar surface area (TPSA) is 86.8 Å². The van der Waals surface area contributed by atoms with Crippen molar-refractivity contribution in [1.29, 1.82) is 0 Å². The maximum absolute atomic E-state index is 13.0. The zero-order chi connectivity index (χ0) is 23.5. The molecule has 9 heteroatoms. The molecular weight excluding hydrogens is 450 g/mol. The predicted octanol–water partition coefficient (Wildman–Crippen LogP) is 4.12. The highest BCUT2D eigenvalue weighted by atomic mass is 35.5. The number of sulfonamides is 1. The zero-order valence-corrected chi connectivity index (χ0v) is 19.3. The van der Waals surface area contributed by atoms with Crippen LogP contribution in [0.25, 0.3) is 0 Å². The van der Waals surface area contributed by atoms with Crippen molar-refractivity contribution in [2.24, 2.45) is 0 Å². The molecule has 0 saturated carbocycles. The molecule has 0 bridgehead atoms. The number of para-hydroxylation sites is 1. The molecule has 32 heavy (non-hydrogen) atoms. The Morgan fingerprint density at radius 1 is 0.844 bits per heavy atom. The van der Waals surface area contributed by atoms with Crippen LogP contribution in [0.1, 0.15) is 20.7 Å². The lowest BCUT2D eigenvalue weighted by molar-refractivity contribution is 0.0827. The lowest BCUT2D eigenvalue weighted by atomic mass is 10.1. The maximum atomic E-state index is 13.0. The number of carbonyl (C=O) groups excluding carboxylic acids is 2. The predicted molar refractivity (Wildman–Crippen MR) is 126 cm³/mol. The maximum Gasteiger partial charge on any atom is 0.264 e. The van der Waals surface area contributed by atoms with Gasteiger partial charge in [-0.2, -0.15) is 0 Å². The fourth-order valence-corrected chi connectivity index (χ4v) is 4.35. The molecule has 7 nitrogen and oxygen atoms in total. The highest BCUT2D eigenvalue weighted by Gasteiger charge is 2.22. The largest absolute Gasteiger partial charge is 0.345 e. The van der Waals surface area contributed by atoms with Crippen LogP contribution in [0.5, 0.6) is 0 Å². The summed E-state index contributed by atoms with van der Waals surface area (Å²) in [6.45, 7) is 0. The second kappa shape index (κ2) is 9.42. The quantitative estimate of drug-likeness (QED) is 0.585. The van der Waals surface area contributed by atoms with Crippen LogP contribution in [-0.2, 0) is 10.0 Å². The molecule has 2 amide bonds. The van der Waals surface area contributed by atoms with Crippen molar-refractivity contribution in [2.75, 3.05) is 30.8 Å². The molecule has 0 spiro atoms. The molecule has 1 N–H and O–H groups in total. The van der Waals surface area contributed by atoms with Gasteiger partial charge in [0.15, 0.2) is 0 Å². The number of hydrogen-bond donors (Lipinski definition) is 1. The Balaban J connectivity index is 1.88. The van der Waals surface area contributed by atoms with Gasteiger partial charge in [0.2, 0.25) is 0 Å². The first kappa shape index (κ1) is 23.3. The number of halogens is 1. The van der Waals surface area contributed by atoms with E-state index < -0.39 is 15.9 Å². The van der Waals surface area contributed by atoms with E-state index in [9.17, 15) is 18.0 Å². The summed E-state index contributed by atoms with van der Waals surface area (Å²) in [6.07, 6.45) is 0. The molecule has 166 valence electrons. The van der Waals surface area contributed by atoms with E-state index in [1.165, 1.54) is 48.3 Å². The molecule has 3 aromatic carbocycles. The molecule has 0 heterocycles. The first-order valence-electron chi connectivity index (χ1n) is 9.58. The Morgan fingerprint density at radius 2 is 1.53 bits per heavy atom. The summed E-state index contributed by atoms with van der Waals surface area (Å²) in [4.78, 5) is 26.4. The van der Waals surface area contributed by atoms with Crippen molar-refractivity contribution >= 4 is 44.8 Å². The highest BCUT2D eigenvalue weighted by molar-refractivity contribution is 7.92. The normalized spacial score (nSPS) is 11.0. The Labute approximate surface area is 192 Å². The third-order valence-electron chi connectivity index (χ3n) is 4.74.